The molecule has 2 aromatic rings. The SMILES string of the molecule is CC.CC.CC/C=C(\C)c1cccc(C(C(OC(C)(C)C)=C2CCC2)N2CC(OCCCCCc3ccc4c(n3)NCC(C)C4)C2)c1N. The number of pyridine rings is 1. The minimum Gasteiger partial charge on any atom is -0.491 e. The van der Waals surface area contributed by atoms with E-state index >= 15 is 0 Å². The smallest absolute Gasteiger partial charge is 0.129 e. The topological polar surface area (TPSA) is 72.6 Å². The molecule has 2 fully saturated rings. The number of nitrogens with one attached hydrogen (secondary N) is 1. The molecular formula is C42H68N4O2. The number of fused-ring (bicyclic) bond motifs is 1. The van der Waals surface area contributed by atoms with E-state index in [4.69, 9.17) is 20.2 Å². The molecule has 3 heterocycles. The third kappa shape index (κ3) is 10.8. The van der Waals surface area contributed by atoms with Crippen LogP contribution in [0.3, 0.4) is 0 Å². The summed E-state index contributed by atoms with van der Waals surface area (Å²) < 4.78 is 13.1. The first kappa shape index (κ1) is 39.6. The maximum atomic E-state index is 6.95. The van der Waals surface area contributed by atoms with Gasteiger partial charge in [-0.05, 0) is 108 Å². The fourth-order valence-corrected chi connectivity index (χ4v) is 6.66. The Balaban J connectivity index is 0.00000151. The number of likely N-dealkylation sites (tertiary alicyclic amines) is 1. The molecule has 3 N–H and O–H groups in total. The van der Waals surface area contributed by atoms with Gasteiger partial charge in [0.05, 0.1) is 12.1 Å². The van der Waals surface area contributed by atoms with Crippen LogP contribution in [-0.2, 0) is 22.3 Å². The standard InChI is InChI=1S/C38H56N4O2.2C2H6/c1-7-13-27(3)32-17-12-18-33(34(32)39)35(36(28-14-11-15-28)44-38(4,5)6)42-24-31(25-42)43-21-10-8-9-16-30-20-19-29-22-26(2)23-40-37(29)41-30;2*1-2/h12-13,17-20,26,31,35H,7-11,14-16,21-25,39H2,1-6H3,(H,40,41);2*1-2H3/b27-13+;;. The highest BCUT2D eigenvalue weighted by Gasteiger charge is 2.40. The number of nitrogens with zero attached hydrogens (tertiary/aromatic N) is 2. The summed E-state index contributed by atoms with van der Waals surface area (Å²) in [6.07, 6.45) is 12.5. The van der Waals surface area contributed by atoms with Gasteiger partial charge in [-0.3, -0.25) is 4.90 Å². The highest BCUT2D eigenvalue weighted by Crippen LogP contribution is 2.45. The summed E-state index contributed by atoms with van der Waals surface area (Å²) in [5.41, 5.74) is 15.1. The van der Waals surface area contributed by atoms with E-state index in [-0.39, 0.29) is 17.7 Å². The Labute approximate surface area is 294 Å². The number of para-hydroxylation sites is 1. The van der Waals surface area contributed by atoms with Gasteiger partial charge >= 0.3 is 0 Å². The van der Waals surface area contributed by atoms with Crippen LogP contribution < -0.4 is 11.1 Å². The molecule has 48 heavy (non-hydrogen) atoms. The highest BCUT2D eigenvalue weighted by atomic mass is 16.5. The van der Waals surface area contributed by atoms with Crippen molar-refractivity contribution in [2.45, 2.75) is 145 Å². The lowest BCUT2D eigenvalue weighted by Crippen LogP contribution is -2.54. The van der Waals surface area contributed by atoms with Crippen molar-refractivity contribution in [1.29, 1.82) is 0 Å². The van der Waals surface area contributed by atoms with Gasteiger partial charge in [0, 0.05) is 48.7 Å². The molecule has 3 aliphatic rings. The Morgan fingerprint density at radius 2 is 1.79 bits per heavy atom. The molecule has 0 bridgehead atoms. The summed E-state index contributed by atoms with van der Waals surface area (Å²) in [4.78, 5) is 7.40. The Hall–Kier alpha value is -2.83. The maximum absolute atomic E-state index is 6.95. The predicted octanol–water partition coefficient (Wildman–Crippen LogP) is 10.5. The second-order valence-corrected chi connectivity index (χ2v) is 14.3. The zero-order valence-corrected chi connectivity index (χ0v) is 32.2. The lowest BCUT2D eigenvalue weighted by atomic mass is 9.85. The van der Waals surface area contributed by atoms with Gasteiger partial charge in [-0.15, -0.1) is 0 Å². The number of nitrogen functional groups attached to an aromatic ring is 1. The molecule has 0 radical (unpaired) electrons. The minimum atomic E-state index is -0.273. The summed E-state index contributed by atoms with van der Waals surface area (Å²) in [5, 5.41) is 3.50. The lowest BCUT2D eigenvalue weighted by Gasteiger charge is -2.47. The van der Waals surface area contributed by atoms with Crippen molar-refractivity contribution in [3.05, 3.63) is 70.1 Å². The summed E-state index contributed by atoms with van der Waals surface area (Å²) >= 11 is 0. The Morgan fingerprint density at radius 1 is 1.06 bits per heavy atom. The summed E-state index contributed by atoms with van der Waals surface area (Å²) in [6, 6.07) is 11.0. The molecule has 6 nitrogen and oxygen atoms in total. The summed E-state index contributed by atoms with van der Waals surface area (Å²) in [7, 11) is 0. The van der Waals surface area contributed by atoms with E-state index in [1.165, 1.54) is 28.8 Å². The van der Waals surface area contributed by atoms with Crippen molar-refractivity contribution < 1.29 is 9.47 Å². The van der Waals surface area contributed by atoms with Crippen LogP contribution >= 0.6 is 0 Å². The lowest BCUT2D eigenvalue weighted by molar-refractivity contribution is -0.0832. The fourth-order valence-electron chi connectivity index (χ4n) is 6.66. The van der Waals surface area contributed by atoms with Crippen LogP contribution in [0.4, 0.5) is 11.5 Å². The van der Waals surface area contributed by atoms with Crippen molar-refractivity contribution in [3.63, 3.8) is 0 Å². The zero-order chi connectivity index (χ0) is 35.3. The van der Waals surface area contributed by atoms with Crippen LogP contribution in [0, 0.1) is 5.92 Å². The first-order valence-corrected chi connectivity index (χ1v) is 19.2. The Kier molecular flexibility index (Phi) is 16.0. The number of aromatic nitrogens is 1. The predicted molar refractivity (Wildman–Crippen MR) is 206 cm³/mol. The largest absolute Gasteiger partial charge is 0.491 e. The van der Waals surface area contributed by atoms with Crippen molar-refractivity contribution in [1.82, 2.24) is 9.88 Å². The quantitative estimate of drug-likeness (QED) is 0.127. The summed E-state index contributed by atoms with van der Waals surface area (Å²) in [5.74, 6) is 2.90. The number of hydrogen-bond acceptors (Lipinski definition) is 6. The Morgan fingerprint density at radius 3 is 2.44 bits per heavy atom. The molecule has 0 spiro atoms. The molecule has 1 saturated heterocycles. The van der Waals surface area contributed by atoms with Crippen LogP contribution in [0.2, 0.25) is 0 Å². The van der Waals surface area contributed by atoms with E-state index in [1.807, 2.05) is 27.7 Å². The minimum absolute atomic E-state index is 0.0144. The van der Waals surface area contributed by atoms with Gasteiger partial charge < -0.3 is 20.5 Å². The number of anilines is 2. The van der Waals surface area contributed by atoms with Gasteiger partial charge in [0.15, 0.2) is 0 Å². The molecule has 2 unspecified atom stereocenters. The van der Waals surface area contributed by atoms with E-state index in [2.05, 4.69) is 88.2 Å². The normalized spacial score (nSPS) is 18.5. The second kappa shape index (κ2) is 19.4. The van der Waals surface area contributed by atoms with E-state index in [1.54, 1.807) is 0 Å². The van der Waals surface area contributed by atoms with E-state index in [0.29, 0.717) is 5.92 Å². The maximum Gasteiger partial charge on any atom is 0.129 e. The van der Waals surface area contributed by atoms with Crippen LogP contribution in [0.5, 0.6) is 0 Å². The number of rotatable bonds is 13. The van der Waals surface area contributed by atoms with E-state index in [9.17, 15) is 0 Å². The molecule has 1 aromatic heterocycles. The molecule has 268 valence electrons. The van der Waals surface area contributed by atoms with Crippen molar-refractivity contribution in [2.75, 3.05) is 37.3 Å². The summed E-state index contributed by atoms with van der Waals surface area (Å²) in [6.45, 7) is 24.7. The number of unbranched alkanes of at least 4 members (excludes halogenated alkanes) is 2. The molecule has 2 aliphatic heterocycles. The number of allylic oxidation sites excluding steroid dienone is 3. The van der Waals surface area contributed by atoms with Crippen molar-refractivity contribution >= 4 is 17.1 Å². The van der Waals surface area contributed by atoms with Crippen LogP contribution in [0.1, 0.15) is 143 Å². The zero-order valence-electron chi connectivity index (χ0n) is 32.2. The molecular weight excluding hydrogens is 592 g/mol. The van der Waals surface area contributed by atoms with Crippen LogP contribution in [0.15, 0.2) is 47.7 Å². The number of ether oxygens (including phenoxy) is 2. The van der Waals surface area contributed by atoms with Crippen molar-refractivity contribution in [3.8, 4) is 0 Å². The number of benzene rings is 1. The van der Waals surface area contributed by atoms with E-state index in [0.717, 1.165) is 106 Å². The number of nitrogens with two attached hydrogens (primary N) is 1. The molecule has 1 aliphatic carbocycles. The molecule has 0 amide bonds. The molecule has 5 rings (SSSR count). The van der Waals surface area contributed by atoms with Gasteiger partial charge in [-0.1, -0.05) is 78.3 Å². The average Bonchev–Trinajstić information content (AvgIpc) is 3.02. The van der Waals surface area contributed by atoms with Gasteiger partial charge in [0.2, 0.25) is 0 Å². The Bertz CT molecular complexity index is 1330. The molecule has 2 atom stereocenters. The highest BCUT2D eigenvalue weighted by molar-refractivity contribution is 5.76. The number of aryl methyl sites for hydroxylation is 1. The monoisotopic (exact) mass is 661 g/mol. The molecule has 1 saturated carbocycles. The number of hydrogen-bond donors (Lipinski definition) is 2. The molecule has 6 heteroatoms. The van der Waals surface area contributed by atoms with Gasteiger partial charge in [-0.2, -0.15) is 0 Å². The second-order valence-electron chi connectivity index (χ2n) is 14.3. The molecule has 1 aromatic carbocycles. The third-order valence-corrected chi connectivity index (χ3v) is 9.23. The van der Waals surface area contributed by atoms with Crippen LogP contribution in [0.25, 0.3) is 5.57 Å². The fraction of sp³-hybridized carbons (Fsp3) is 0.643. The van der Waals surface area contributed by atoms with Crippen molar-refractivity contribution in [2.24, 2.45) is 5.92 Å². The third-order valence-electron chi connectivity index (χ3n) is 9.23. The van der Waals surface area contributed by atoms with Gasteiger partial charge in [0.25, 0.3) is 0 Å². The van der Waals surface area contributed by atoms with E-state index < -0.39 is 0 Å². The van der Waals surface area contributed by atoms with Gasteiger partial charge in [-0.25, -0.2) is 4.98 Å². The first-order valence-electron chi connectivity index (χ1n) is 19.2. The first-order chi connectivity index (χ1) is 23.1. The average molecular weight is 661 g/mol. The van der Waals surface area contributed by atoms with Gasteiger partial charge in [0.1, 0.15) is 17.2 Å². The van der Waals surface area contributed by atoms with Crippen LogP contribution in [-0.4, -0.2) is 47.8 Å².